The maximum atomic E-state index is 12.9. The van der Waals surface area contributed by atoms with Crippen LogP contribution in [0.3, 0.4) is 0 Å². The average Bonchev–Trinajstić information content (AvgIpc) is 2.80. The maximum absolute atomic E-state index is 12.9. The van der Waals surface area contributed by atoms with Crippen LogP contribution in [0.5, 0.6) is 5.75 Å². The minimum absolute atomic E-state index is 0.146. The zero-order valence-electron chi connectivity index (χ0n) is 17.4. The van der Waals surface area contributed by atoms with Gasteiger partial charge in [-0.3, -0.25) is 9.59 Å². The third kappa shape index (κ3) is 7.50. The van der Waals surface area contributed by atoms with Crippen LogP contribution in [-0.2, 0) is 17.6 Å². The number of hydrogen-bond acceptors (Lipinski definition) is 3. The molecule has 0 aromatic heterocycles. The van der Waals surface area contributed by atoms with Gasteiger partial charge in [-0.1, -0.05) is 24.3 Å². The largest absolute Gasteiger partial charge is 0.484 e. The number of nitrogens with one attached hydrogen (secondary N) is 2. The Morgan fingerprint density at radius 2 is 1.19 bits per heavy atom. The van der Waals surface area contributed by atoms with E-state index in [9.17, 15) is 18.4 Å². The number of carbonyl (C=O) groups is 2. The molecule has 3 aromatic rings. The van der Waals surface area contributed by atoms with E-state index in [-0.39, 0.29) is 30.1 Å². The molecule has 0 heterocycles. The minimum Gasteiger partial charge on any atom is -0.484 e. The maximum Gasteiger partial charge on any atom is 0.257 e. The van der Waals surface area contributed by atoms with Crippen LogP contribution in [0.1, 0.15) is 21.5 Å². The summed E-state index contributed by atoms with van der Waals surface area (Å²) in [5.41, 5.74) is 2.34. The Hall–Kier alpha value is -3.74. The Morgan fingerprint density at radius 3 is 1.72 bits per heavy atom. The van der Waals surface area contributed by atoms with Gasteiger partial charge in [0.2, 0.25) is 0 Å². The molecule has 5 nitrogen and oxygen atoms in total. The van der Waals surface area contributed by atoms with Crippen molar-refractivity contribution in [3.05, 3.63) is 101 Å². The highest BCUT2D eigenvalue weighted by Crippen LogP contribution is 2.12. The van der Waals surface area contributed by atoms with Gasteiger partial charge in [-0.25, -0.2) is 8.78 Å². The number of ether oxygens (including phenoxy) is 1. The first-order valence-corrected chi connectivity index (χ1v) is 10.3. The summed E-state index contributed by atoms with van der Waals surface area (Å²) in [5.74, 6) is -0.601. The van der Waals surface area contributed by atoms with Crippen molar-refractivity contribution in [1.82, 2.24) is 10.6 Å². The first-order chi connectivity index (χ1) is 15.5. The minimum atomic E-state index is -0.292. The molecule has 3 rings (SSSR count). The highest BCUT2D eigenvalue weighted by molar-refractivity contribution is 5.94. The predicted molar refractivity (Wildman–Crippen MR) is 117 cm³/mol. The van der Waals surface area contributed by atoms with E-state index in [1.54, 1.807) is 48.5 Å². The number of benzene rings is 3. The number of rotatable bonds is 10. The highest BCUT2D eigenvalue weighted by Gasteiger charge is 2.07. The van der Waals surface area contributed by atoms with Crippen LogP contribution in [0.25, 0.3) is 0 Å². The Balaban J connectivity index is 1.35. The molecular formula is C25H24F2N2O3. The fraction of sp³-hybridized carbons (Fsp3) is 0.200. The van der Waals surface area contributed by atoms with Crippen molar-refractivity contribution in [2.45, 2.75) is 12.8 Å². The van der Waals surface area contributed by atoms with Crippen molar-refractivity contribution < 1.29 is 23.1 Å². The fourth-order valence-corrected chi connectivity index (χ4v) is 2.97. The first kappa shape index (κ1) is 22.9. The number of carbonyl (C=O) groups excluding carboxylic acids is 2. The van der Waals surface area contributed by atoms with Gasteiger partial charge in [-0.2, -0.15) is 0 Å². The van der Waals surface area contributed by atoms with Crippen LogP contribution in [0.2, 0.25) is 0 Å². The van der Waals surface area contributed by atoms with E-state index in [1.807, 2.05) is 0 Å². The van der Waals surface area contributed by atoms with Gasteiger partial charge in [-0.05, 0) is 72.5 Å². The lowest BCUT2D eigenvalue weighted by Gasteiger charge is -2.09. The molecular weight excluding hydrogens is 414 g/mol. The Bertz CT molecular complexity index is 1020. The molecule has 0 saturated heterocycles. The lowest BCUT2D eigenvalue weighted by molar-refractivity contribution is -0.123. The van der Waals surface area contributed by atoms with Crippen LogP contribution in [-0.4, -0.2) is 31.5 Å². The molecule has 0 bridgehead atoms. The summed E-state index contributed by atoms with van der Waals surface area (Å²) in [7, 11) is 0. The SMILES string of the molecule is O=C(COc1ccc(C(=O)NCCc2ccc(F)cc2)cc1)NCCc1ccc(F)cc1. The molecule has 2 amide bonds. The van der Waals surface area contributed by atoms with E-state index in [1.165, 1.54) is 24.3 Å². The Labute approximate surface area is 185 Å². The molecule has 0 saturated carbocycles. The van der Waals surface area contributed by atoms with Gasteiger partial charge in [0.05, 0.1) is 0 Å². The van der Waals surface area contributed by atoms with Crippen molar-refractivity contribution in [2.75, 3.05) is 19.7 Å². The Kier molecular flexibility index (Phi) is 8.31. The zero-order valence-corrected chi connectivity index (χ0v) is 17.4. The van der Waals surface area contributed by atoms with Gasteiger partial charge in [0.25, 0.3) is 11.8 Å². The van der Waals surface area contributed by atoms with E-state index in [0.29, 0.717) is 37.2 Å². The second kappa shape index (κ2) is 11.6. The second-order valence-electron chi connectivity index (χ2n) is 7.17. The molecule has 32 heavy (non-hydrogen) atoms. The van der Waals surface area contributed by atoms with Gasteiger partial charge < -0.3 is 15.4 Å². The quantitative estimate of drug-likeness (QED) is 0.508. The predicted octanol–water partition coefficient (Wildman–Crippen LogP) is 3.68. The van der Waals surface area contributed by atoms with Gasteiger partial charge in [-0.15, -0.1) is 0 Å². The average molecular weight is 438 g/mol. The molecule has 0 fully saturated rings. The van der Waals surface area contributed by atoms with Crippen molar-refractivity contribution in [2.24, 2.45) is 0 Å². The van der Waals surface area contributed by atoms with E-state index in [4.69, 9.17) is 4.74 Å². The Morgan fingerprint density at radius 1 is 0.688 bits per heavy atom. The van der Waals surface area contributed by atoms with Crippen molar-refractivity contribution in [1.29, 1.82) is 0 Å². The van der Waals surface area contributed by atoms with E-state index in [2.05, 4.69) is 10.6 Å². The summed E-state index contributed by atoms with van der Waals surface area (Å²) in [6.07, 6.45) is 1.19. The van der Waals surface area contributed by atoms with Gasteiger partial charge in [0.15, 0.2) is 6.61 Å². The molecule has 166 valence electrons. The second-order valence-corrected chi connectivity index (χ2v) is 7.17. The van der Waals surface area contributed by atoms with E-state index in [0.717, 1.165) is 11.1 Å². The topological polar surface area (TPSA) is 67.4 Å². The molecule has 0 atom stereocenters. The molecule has 0 aliphatic carbocycles. The third-order valence-electron chi connectivity index (χ3n) is 4.75. The van der Waals surface area contributed by atoms with E-state index < -0.39 is 0 Å². The standard InChI is InChI=1S/C25H24F2N2O3/c26-21-7-1-18(2-8-21)13-15-28-24(30)17-32-23-11-5-20(6-12-23)25(31)29-16-14-19-3-9-22(27)10-4-19/h1-12H,13-17H2,(H,28,30)(H,29,31). The van der Waals surface area contributed by atoms with Crippen molar-refractivity contribution >= 4 is 11.8 Å². The monoisotopic (exact) mass is 438 g/mol. The molecule has 7 heteroatoms. The van der Waals surface area contributed by atoms with Gasteiger partial charge in [0, 0.05) is 18.7 Å². The van der Waals surface area contributed by atoms with Gasteiger partial charge >= 0.3 is 0 Å². The summed E-state index contributed by atoms with van der Waals surface area (Å²) in [4.78, 5) is 24.1. The van der Waals surface area contributed by atoms with Crippen molar-refractivity contribution in [3.63, 3.8) is 0 Å². The summed E-state index contributed by atoms with van der Waals surface area (Å²) in [6, 6.07) is 18.8. The lowest BCUT2D eigenvalue weighted by Crippen LogP contribution is -2.30. The smallest absolute Gasteiger partial charge is 0.257 e. The first-order valence-electron chi connectivity index (χ1n) is 10.3. The van der Waals surface area contributed by atoms with Crippen LogP contribution in [0.15, 0.2) is 72.8 Å². The van der Waals surface area contributed by atoms with Crippen LogP contribution in [0.4, 0.5) is 8.78 Å². The summed E-state index contributed by atoms with van der Waals surface area (Å²) < 4.78 is 31.2. The van der Waals surface area contributed by atoms with E-state index >= 15 is 0 Å². The molecule has 0 radical (unpaired) electrons. The number of halogens is 2. The number of hydrogen-bond donors (Lipinski definition) is 2. The van der Waals surface area contributed by atoms with Crippen LogP contribution in [0, 0.1) is 11.6 Å². The van der Waals surface area contributed by atoms with Gasteiger partial charge in [0.1, 0.15) is 17.4 Å². The summed E-state index contributed by atoms with van der Waals surface area (Å²) in [5, 5.41) is 5.56. The molecule has 0 unspecified atom stereocenters. The molecule has 0 aliphatic heterocycles. The molecule has 3 aromatic carbocycles. The normalized spacial score (nSPS) is 10.4. The zero-order chi connectivity index (χ0) is 22.8. The molecule has 2 N–H and O–H groups in total. The summed E-state index contributed by atoms with van der Waals surface area (Å²) in [6.45, 7) is 0.707. The molecule has 0 aliphatic rings. The lowest BCUT2D eigenvalue weighted by atomic mass is 10.1. The fourth-order valence-electron chi connectivity index (χ4n) is 2.97. The van der Waals surface area contributed by atoms with Crippen LogP contribution < -0.4 is 15.4 Å². The van der Waals surface area contributed by atoms with Crippen LogP contribution >= 0.6 is 0 Å². The number of amides is 2. The third-order valence-corrected chi connectivity index (χ3v) is 4.75. The highest BCUT2D eigenvalue weighted by atomic mass is 19.1. The summed E-state index contributed by atoms with van der Waals surface area (Å²) >= 11 is 0. The van der Waals surface area contributed by atoms with Crippen molar-refractivity contribution in [3.8, 4) is 5.75 Å². The molecule has 0 spiro atoms.